The molecule has 0 aromatic heterocycles. The quantitative estimate of drug-likeness (QED) is 0.327. The van der Waals surface area contributed by atoms with Crippen molar-refractivity contribution in [3.05, 3.63) is 34.7 Å². The summed E-state index contributed by atoms with van der Waals surface area (Å²) >= 11 is 6.44. The molecule has 1 saturated heterocycles. The molecule has 2 rings (SSSR count). The van der Waals surface area contributed by atoms with E-state index in [4.69, 9.17) is 17.3 Å². The number of thioether (sulfide) groups is 1. The molecule has 144 valence electrons. The van der Waals surface area contributed by atoms with Gasteiger partial charge in [0.25, 0.3) is 5.91 Å². The number of aliphatic carboxylic acids is 1. The van der Waals surface area contributed by atoms with Gasteiger partial charge >= 0.3 is 5.97 Å². The van der Waals surface area contributed by atoms with E-state index in [2.05, 4.69) is 5.32 Å². The molecule has 1 aliphatic heterocycles. The number of nitrogens with one attached hydrogen (secondary N) is 1. The second kappa shape index (κ2) is 10.1. The van der Waals surface area contributed by atoms with Crippen LogP contribution in [-0.2, 0) is 14.4 Å². The molecule has 0 saturated carbocycles. The van der Waals surface area contributed by atoms with Crippen LogP contribution in [0.2, 0.25) is 0 Å². The predicted molar refractivity (Wildman–Crippen MR) is 107 cm³/mol. The first kappa shape index (κ1) is 20.9. The smallest absolute Gasteiger partial charge is 0.303 e. The van der Waals surface area contributed by atoms with Crippen molar-refractivity contribution >= 4 is 52.2 Å². The molecule has 1 fully saturated rings. The predicted octanol–water partition coefficient (Wildman–Crippen LogP) is 2.35. The summed E-state index contributed by atoms with van der Waals surface area (Å²) in [4.78, 5) is 36.6. The van der Waals surface area contributed by atoms with Crippen LogP contribution in [0.3, 0.4) is 0 Å². The zero-order valence-corrected chi connectivity index (χ0v) is 16.1. The molecular weight excluding hydrogens is 388 g/mol. The number of carboxylic acids is 1. The van der Waals surface area contributed by atoms with Gasteiger partial charge in [-0.15, -0.1) is 0 Å². The van der Waals surface area contributed by atoms with Crippen LogP contribution in [-0.4, -0.2) is 50.3 Å². The maximum Gasteiger partial charge on any atom is 0.303 e. The van der Waals surface area contributed by atoms with Gasteiger partial charge in [0.1, 0.15) is 10.1 Å². The highest BCUT2D eigenvalue weighted by atomic mass is 32.2. The standard InChI is InChI=1S/C18H20N2O5S2/c21-13-5-1-4-12(10-13)11-14-17(25)20(18(26)27-14)9-3-6-15(22)19-8-2-7-16(23)24/h1,4-5,10-11,21H,2-3,6-9H2,(H,19,22)(H,23,24)/b14-11-. The van der Waals surface area contributed by atoms with Gasteiger partial charge < -0.3 is 15.5 Å². The van der Waals surface area contributed by atoms with Gasteiger partial charge in [-0.3, -0.25) is 19.3 Å². The largest absolute Gasteiger partial charge is 0.508 e. The number of hydrogen-bond donors (Lipinski definition) is 3. The lowest BCUT2D eigenvalue weighted by Crippen LogP contribution is -2.31. The molecule has 1 heterocycles. The van der Waals surface area contributed by atoms with Crippen LogP contribution in [0.15, 0.2) is 29.2 Å². The molecule has 0 radical (unpaired) electrons. The van der Waals surface area contributed by atoms with Crippen molar-refractivity contribution in [2.75, 3.05) is 13.1 Å². The number of rotatable bonds is 9. The number of benzene rings is 1. The summed E-state index contributed by atoms with van der Waals surface area (Å²) in [5.41, 5.74) is 0.705. The highest BCUT2D eigenvalue weighted by Crippen LogP contribution is 2.33. The monoisotopic (exact) mass is 408 g/mol. The topological polar surface area (TPSA) is 107 Å². The Hall–Kier alpha value is -2.39. The maximum atomic E-state index is 12.5. The average Bonchev–Trinajstić information content (AvgIpc) is 2.86. The minimum Gasteiger partial charge on any atom is -0.508 e. The third-order valence-electron chi connectivity index (χ3n) is 3.72. The molecule has 7 nitrogen and oxygen atoms in total. The Kier molecular flexibility index (Phi) is 7.81. The Morgan fingerprint density at radius 1 is 1.26 bits per heavy atom. The minimum atomic E-state index is -0.891. The molecule has 0 unspecified atom stereocenters. The molecule has 3 N–H and O–H groups in total. The molecular formula is C18H20N2O5S2. The number of amides is 2. The number of phenolic OH excluding ortho intramolecular Hbond substituents is 1. The molecule has 1 aromatic carbocycles. The number of carbonyl (C=O) groups is 3. The Bertz CT molecular complexity index is 779. The van der Waals surface area contributed by atoms with E-state index >= 15 is 0 Å². The van der Waals surface area contributed by atoms with Crippen molar-refractivity contribution in [3.63, 3.8) is 0 Å². The van der Waals surface area contributed by atoms with Gasteiger partial charge in [-0.2, -0.15) is 0 Å². The molecule has 27 heavy (non-hydrogen) atoms. The molecule has 0 bridgehead atoms. The molecule has 1 aromatic rings. The molecule has 2 amide bonds. The summed E-state index contributed by atoms with van der Waals surface area (Å²) in [6.45, 7) is 0.656. The second-order valence-electron chi connectivity index (χ2n) is 5.88. The lowest BCUT2D eigenvalue weighted by molar-refractivity contribution is -0.137. The van der Waals surface area contributed by atoms with Crippen molar-refractivity contribution in [2.45, 2.75) is 25.7 Å². The number of thiocarbonyl (C=S) groups is 1. The van der Waals surface area contributed by atoms with Gasteiger partial charge in [0.05, 0.1) is 4.91 Å². The van der Waals surface area contributed by atoms with Crippen molar-refractivity contribution in [3.8, 4) is 5.75 Å². The summed E-state index contributed by atoms with van der Waals surface area (Å²) in [5.74, 6) is -1.16. The zero-order valence-electron chi connectivity index (χ0n) is 14.5. The fraction of sp³-hybridized carbons (Fsp3) is 0.333. The second-order valence-corrected chi connectivity index (χ2v) is 7.55. The van der Waals surface area contributed by atoms with Gasteiger partial charge in [0.15, 0.2) is 0 Å². The fourth-order valence-electron chi connectivity index (χ4n) is 2.41. The van der Waals surface area contributed by atoms with Crippen LogP contribution < -0.4 is 5.32 Å². The molecule has 0 spiro atoms. The van der Waals surface area contributed by atoms with Crippen molar-refractivity contribution in [2.24, 2.45) is 0 Å². The Balaban J connectivity index is 1.80. The van der Waals surface area contributed by atoms with Crippen LogP contribution in [0.4, 0.5) is 0 Å². The number of nitrogens with zero attached hydrogens (tertiary/aromatic N) is 1. The van der Waals surface area contributed by atoms with Gasteiger partial charge in [0.2, 0.25) is 5.91 Å². The van der Waals surface area contributed by atoms with E-state index in [9.17, 15) is 19.5 Å². The number of aromatic hydroxyl groups is 1. The Morgan fingerprint density at radius 2 is 2.04 bits per heavy atom. The first-order valence-electron chi connectivity index (χ1n) is 8.39. The molecule has 0 aliphatic carbocycles. The summed E-state index contributed by atoms with van der Waals surface area (Å²) < 4.78 is 0.438. The summed E-state index contributed by atoms with van der Waals surface area (Å²) in [5, 5.41) is 20.7. The average molecular weight is 409 g/mol. The third-order valence-corrected chi connectivity index (χ3v) is 5.09. The SMILES string of the molecule is O=C(O)CCCNC(=O)CCCN1C(=O)/C(=C/c2cccc(O)c2)SC1=S. The first-order valence-corrected chi connectivity index (χ1v) is 9.62. The van der Waals surface area contributed by atoms with E-state index in [1.807, 2.05) is 0 Å². The molecule has 9 heteroatoms. The highest BCUT2D eigenvalue weighted by molar-refractivity contribution is 8.26. The minimum absolute atomic E-state index is 0.0162. The maximum absolute atomic E-state index is 12.5. The van der Waals surface area contributed by atoms with Crippen LogP contribution in [0, 0.1) is 0 Å². The van der Waals surface area contributed by atoms with Crippen LogP contribution in [0.5, 0.6) is 5.75 Å². The van der Waals surface area contributed by atoms with E-state index in [-0.39, 0.29) is 30.4 Å². The number of carbonyl (C=O) groups excluding carboxylic acids is 2. The van der Waals surface area contributed by atoms with Gasteiger partial charge in [0, 0.05) is 25.9 Å². The van der Waals surface area contributed by atoms with E-state index in [0.717, 1.165) is 0 Å². The van der Waals surface area contributed by atoms with Gasteiger partial charge in [-0.05, 0) is 36.6 Å². The third kappa shape index (κ3) is 6.69. The summed E-state index contributed by atoms with van der Waals surface area (Å²) in [7, 11) is 0. The van der Waals surface area contributed by atoms with Crippen LogP contribution >= 0.6 is 24.0 Å². The number of carboxylic acid groups (broad SMARTS) is 1. The van der Waals surface area contributed by atoms with E-state index in [1.165, 1.54) is 16.7 Å². The molecule has 0 atom stereocenters. The number of phenols is 1. The van der Waals surface area contributed by atoms with Crippen molar-refractivity contribution < 1.29 is 24.6 Å². The Morgan fingerprint density at radius 3 is 2.74 bits per heavy atom. The summed E-state index contributed by atoms with van der Waals surface area (Å²) in [6, 6.07) is 6.58. The lowest BCUT2D eigenvalue weighted by atomic mass is 10.2. The summed E-state index contributed by atoms with van der Waals surface area (Å²) in [6.07, 6.45) is 2.76. The fourth-order valence-corrected chi connectivity index (χ4v) is 3.72. The van der Waals surface area contributed by atoms with E-state index in [1.54, 1.807) is 30.3 Å². The molecule has 1 aliphatic rings. The van der Waals surface area contributed by atoms with E-state index < -0.39 is 5.97 Å². The number of hydrogen-bond acceptors (Lipinski definition) is 6. The van der Waals surface area contributed by atoms with Crippen molar-refractivity contribution in [1.29, 1.82) is 0 Å². The highest BCUT2D eigenvalue weighted by Gasteiger charge is 2.31. The van der Waals surface area contributed by atoms with Gasteiger partial charge in [-0.1, -0.05) is 36.1 Å². The lowest BCUT2D eigenvalue weighted by Gasteiger charge is -2.14. The van der Waals surface area contributed by atoms with Gasteiger partial charge in [-0.25, -0.2) is 0 Å². The van der Waals surface area contributed by atoms with Crippen LogP contribution in [0.1, 0.15) is 31.2 Å². The van der Waals surface area contributed by atoms with E-state index in [0.29, 0.717) is 40.7 Å². The normalized spacial score (nSPS) is 15.4. The Labute approximate surface area is 166 Å². The van der Waals surface area contributed by atoms with Crippen molar-refractivity contribution in [1.82, 2.24) is 10.2 Å². The van der Waals surface area contributed by atoms with Crippen LogP contribution in [0.25, 0.3) is 6.08 Å². The zero-order chi connectivity index (χ0) is 19.8. The first-order chi connectivity index (χ1) is 12.9.